The van der Waals surface area contributed by atoms with Crippen LogP contribution < -0.4 is 10.6 Å². The fourth-order valence-corrected chi connectivity index (χ4v) is 2.36. The van der Waals surface area contributed by atoms with Gasteiger partial charge in [-0.05, 0) is 30.4 Å². The monoisotopic (exact) mass is 258 g/mol. The first-order valence-corrected chi connectivity index (χ1v) is 6.73. The van der Waals surface area contributed by atoms with E-state index in [0.717, 1.165) is 13.0 Å². The third-order valence-corrected chi connectivity index (χ3v) is 3.50. The first-order valence-electron chi connectivity index (χ1n) is 6.73. The van der Waals surface area contributed by atoms with Gasteiger partial charge in [0.1, 0.15) is 0 Å². The molecular weight excluding hydrogens is 236 g/mol. The van der Waals surface area contributed by atoms with E-state index in [2.05, 4.69) is 42.3 Å². The quantitative estimate of drug-likeness (QED) is 0.866. The molecule has 0 bridgehead atoms. The van der Waals surface area contributed by atoms with Crippen LogP contribution in [0.5, 0.6) is 0 Å². The molecular formula is C16H22N2O. The van der Waals surface area contributed by atoms with Gasteiger partial charge in [-0.1, -0.05) is 30.3 Å². The summed E-state index contributed by atoms with van der Waals surface area (Å²) < 4.78 is 0. The molecule has 0 fully saturated rings. The first kappa shape index (κ1) is 13.8. The molecule has 2 rings (SSSR count). The molecule has 0 aliphatic heterocycles. The third kappa shape index (κ3) is 3.06. The van der Waals surface area contributed by atoms with Crippen LogP contribution >= 0.6 is 0 Å². The number of rotatable bonds is 5. The minimum atomic E-state index is -0.267. The highest BCUT2D eigenvalue weighted by Crippen LogP contribution is 2.28. The van der Waals surface area contributed by atoms with Crippen LogP contribution in [0, 0.1) is 0 Å². The van der Waals surface area contributed by atoms with Crippen molar-refractivity contribution in [2.75, 3.05) is 18.5 Å². The Bertz CT molecular complexity index is 551. The van der Waals surface area contributed by atoms with Gasteiger partial charge in [-0.25, -0.2) is 0 Å². The Hall–Kier alpha value is -1.58. The second-order valence-electron chi connectivity index (χ2n) is 5.05. The molecule has 0 saturated carbocycles. The minimum absolute atomic E-state index is 0.267. The second kappa shape index (κ2) is 6.04. The van der Waals surface area contributed by atoms with Crippen molar-refractivity contribution < 1.29 is 5.11 Å². The van der Waals surface area contributed by atoms with Gasteiger partial charge >= 0.3 is 0 Å². The van der Waals surface area contributed by atoms with Crippen molar-refractivity contribution >= 4 is 16.5 Å². The summed E-state index contributed by atoms with van der Waals surface area (Å²) in [4.78, 5) is 2.19. The van der Waals surface area contributed by atoms with E-state index in [1.54, 1.807) is 0 Å². The van der Waals surface area contributed by atoms with Gasteiger partial charge in [-0.3, -0.25) is 0 Å². The van der Waals surface area contributed by atoms with Crippen LogP contribution in [-0.2, 0) is 6.54 Å². The molecule has 102 valence electrons. The van der Waals surface area contributed by atoms with E-state index < -0.39 is 0 Å². The van der Waals surface area contributed by atoms with Crippen molar-refractivity contribution in [1.82, 2.24) is 0 Å². The predicted octanol–water partition coefficient (Wildman–Crippen LogP) is 2.51. The Morgan fingerprint density at radius 3 is 2.47 bits per heavy atom. The molecule has 0 aliphatic carbocycles. The number of nitrogens with two attached hydrogens (primary N) is 1. The Balaban J connectivity index is 2.38. The van der Waals surface area contributed by atoms with Crippen molar-refractivity contribution in [3.63, 3.8) is 0 Å². The van der Waals surface area contributed by atoms with Gasteiger partial charge in [-0.15, -0.1) is 0 Å². The highest BCUT2D eigenvalue weighted by Gasteiger charge is 2.09. The van der Waals surface area contributed by atoms with E-state index >= 15 is 0 Å². The zero-order valence-corrected chi connectivity index (χ0v) is 11.6. The van der Waals surface area contributed by atoms with Gasteiger partial charge in [0, 0.05) is 31.2 Å². The maximum absolute atomic E-state index is 9.40. The van der Waals surface area contributed by atoms with Gasteiger partial charge in [0.05, 0.1) is 6.10 Å². The molecule has 19 heavy (non-hydrogen) atoms. The Labute approximate surface area is 114 Å². The van der Waals surface area contributed by atoms with Crippen molar-refractivity contribution in [1.29, 1.82) is 0 Å². The average molecular weight is 258 g/mol. The summed E-state index contributed by atoms with van der Waals surface area (Å²) in [6.07, 6.45) is 0.501. The smallest absolute Gasteiger partial charge is 0.0528 e. The van der Waals surface area contributed by atoms with Crippen LogP contribution in [-0.4, -0.2) is 24.8 Å². The molecule has 0 radical (unpaired) electrons. The van der Waals surface area contributed by atoms with Gasteiger partial charge in [0.2, 0.25) is 0 Å². The van der Waals surface area contributed by atoms with Crippen molar-refractivity contribution in [3.8, 4) is 0 Å². The van der Waals surface area contributed by atoms with Gasteiger partial charge < -0.3 is 15.7 Å². The van der Waals surface area contributed by atoms with Crippen molar-refractivity contribution in [2.45, 2.75) is 26.0 Å². The summed E-state index contributed by atoms with van der Waals surface area (Å²) in [6.45, 7) is 3.21. The molecule has 3 N–H and O–H groups in total. The maximum Gasteiger partial charge on any atom is 0.0528 e. The highest BCUT2D eigenvalue weighted by molar-refractivity contribution is 5.96. The SMILES string of the molecule is CC(O)CCN(C)c1ccc(CN)c2ccccc12. The average Bonchev–Trinajstić information content (AvgIpc) is 2.43. The van der Waals surface area contributed by atoms with Crippen LogP contribution in [0.4, 0.5) is 5.69 Å². The zero-order valence-electron chi connectivity index (χ0n) is 11.6. The molecule has 0 aliphatic rings. The normalized spacial score (nSPS) is 12.6. The minimum Gasteiger partial charge on any atom is -0.393 e. The number of anilines is 1. The van der Waals surface area contributed by atoms with E-state index in [-0.39, 0.29) is 6.10 Å². The van der Waals surface area contributed by atoms with E-state index in [1.165, 1.54) is 22.0 Å². The molecule has 2 aromatic carbocycles. The fourth-order valence-electron chi connectivity index (χ4n) is 2.36. The molecule has 1 atom stereocenters. The molecule has 0 amide bonds. The van der Waals surface area contributed by atoms with Crippen molar-refractivity contribution in [2.24, 2.45) is 5.73 Å². The lowest BCUT2D eigenvalue weighted by molar-refractivity contribution is 0.187. The number of hydrogen-bond donors (Lipinski definition) is 2. The van der Waals surface area contributed by atoms with E-state index in [9.17, 15) is 5.11 Å². The number of fused-ring (bicyclic) bond motifs is 1. The molecule has 0 heterocycles. The molecule has 0 saturated heterocycles. The van der Waals surface area contributed by atoms with Gasteiger partial charge in [0.25, 0.3) is 0 Å². The number of aliphatic hydroxyl groups excluding tert-OH is 1. The van der Waals surface area contributed by atoms with Gasteiger partial charge in [0.15, 0.2) is 0 Å². The maximum atomic E-state index is 9.40. The van der Waals surface area contributed by atoms with Crippen LogP contribution in [0.15, 0.2) is 36.4 Å². The first-order chi connectivity index (χ1) is 9.13. The number of hydrogen-bond acceptors (Lipinski definition) is 3. The van der Waals surface area contributed by atoms with Crippen LogP contribution in [0.2, 0.25) is 0 Å². The van der Waals surface area contributed by atoms with E-state index in [4.69, 9.17) is 5.73 Å². The molecule has 3 heteroatoms. The largest absolute Gasteiger partial charge is 0.393 e. The molecule has 3 nitrogen and oxygen atoms in total. The summed E-state index contributed by atoms with van der Waals surface area (Å²) in [5.41, 5.74) is 8.15. The Morgan fingerprint density at radius 2 is 1.84 bits per heavy atom. The second-order valence-corrected chi connectivity index (χ2v) is 5.05. The summed E-state index contributed by atoms with van der Waals surface area (Å²) >= 11 is 0. The molecule has 0 spiro atoms. The van der Waals surface area contributed by atoms with Crippen LogP contribution in [0.1, 0.15) is 18.9 Å². The standard InChI is InChI=1S/C16H22N2O/c1-12(19)9-10-18(2)16-8-7-13(11-17)14-5-3-4-6-15(14)16/h3-8,12,19H,9-11,17H2,1-2H3. The van der Waals surface area contributed by atoms with Gasteiger partial charge in [-0.2, -0.15) is 0 Å². The molecule has 2 aromatic rings. The lowest BCUT2D eigenvalue weighted by Crippen LogP contribution is -2.22. The lowest BCUT2D eigenvalue weighted by atomic mass is 10.0. The van der Waals surface area contributed by atoms with Crippen LogP contribution in [0.3, 0.4) is 0 Å². The van der Waals surface area contributed by atoms with Crippen molar-refractivity contribution in [3.05, 3.63) is 42.0 Å². The molecule has 0 aromatic heterocycles. The predicted molar refractivity (Wildman–Crippen MR) is 81.4 cm³/mol. The fraction of sp³-hybridized carbons (Fsp3) is 0.375. The number of aliphatic hydroxyl groups is 1. The summed E-state index contributed by atoms with van der Waals surface area (Å²) in [6, 6.07) is 12.5. The number of benzene rings is 2. The van der Waals surface area contributed by atoms with Crippen LogP contribution in [0.25, 0.3) is 10.8 Å². The van der Waals surface area contributed by atoms with E-state index in [1.807, 2.05) is 13.0 Å². The summed E-state index contributed by atoms with van der Waals surface area (Å²) in [5.74, 6) is 0. The lowest BCUT2D eigenvalue weighted by Gasteiger charge is -2.22. The Kier molecular flexibility index (Phi) is 4.40. The van der Waals surface area contributed by atoms with E-state index in [0.29, 0.717) is 6.54 Å². The Morgan fingerprint density at radius 1 is 1.16 bits per heavy atom. The molecule has 1 unspecified atom stereocenters. The summed E-state index contributed by atoms with van der Waals surface area (Å²) in [7, 11) is 2.06. The third-order valence-electron chi connectivity index (χ3n) is 3.50. The highest BCUT2D eigenvalue weighted by atomic mass is 16.3. The topological polar surface area (TPSA) is 49.5 Å². The summed E-state index contributed by atoms with van der Waals surface area (Å²) in [5, 5.41) is 11.8. The zero-order chi connectivity index (χ0) is 13.8. The number of nitrogens with zero attached hydrogens (tertiary/aromatic N) is 1.